The van der Waals surface area contributed by atoms with Crippen LogP contribution >= 0.6 is 0 Å². The number of hydrogen-bond donors (Lipinski definition) is 3. The van der Waals surface area contributed by atoms with Crippen LogP contribution in [-0.2, 0) is 14.3 Å². The first kappa shape index (κ1) is 17.9. The van der Waals surface area contributed by atoms with Crippen LogP contribution in [0.25, 0.3) is 0 Å². The van der Waals surface area contributed by atoms with E-state index >= 15 is 0 Å². The summed E-state index contributed by atoms with van der Waals surface area (Å²) in [5.74, 6) is -0.307. The average molecular weight is 273 g/mol. The van der Waals surface area contributed by atoms with E-state index in [9.17, 15) is 9.59 Å². The zero-order chi connectivity index (χ0) is 14.7. The maximum absolute atomic E-state index is 11.6. The fourth-order valence-electron chi connectivity index (χ4n) is 1.59. The molecule has 0 aromatic carbocycles. The van der Waals surface area contributed by atoms with Gasteiger partial charge in [0.25, 0.3) is 0 Å². The van der Waals surface area contributed by atoms with Crippen molar-refractivity contribution in [3.8, 4) is 0 Å². The molecule has 0 aliphatic rings. The van der Waals surface area contributed by atoms with Crippen molar-refractivity contribution in [2.75, 3.05) is 33.4 Å². The van der Waals surface area contributed by atoms with E-state index in [-0.39, 0.29) is 23.8 Å². The Balaban J connectivity index is 3.72. The van der Waals surface area contributed by atoms with Crippen molar-refractivity contribution in [2.45, 2.75) is 33.1 Å². The molecule has 0 aliphatic heterocycles. The molecule has 2 amide bonds. The molecule has 0 saturated carbocycles. The highest BCUT2D eigenvalue weighted by Crippen LogP contribution is 2.25. The second-order valence-electron chi connectivity index (χ2n) is 5.32. The van der Waals surface area contributed by atoms with E-state index in [4.69, 9.17) is 10.5 Å². The van der Waals surface area contributed by atoms with Gasteiger partial charge in [-0.2, -0.15) is 0 Å². The van der Waals surface area contributed by atoms with Crippen LogP contribution in [0.3, 0.4) is 0 Å². The zero-order valence-corrected chi connectivity index (χ0v) is 12.3. The molecule has 0 aromatic rings. The molecule has 0 unspecified atom stereocenters. The number of nitrogens with one attached hydrogen (secondary N) is 2. The predicted molar refractivity (Wildman–Crippen MR) is 74.6 cm³/mol. The molecule has 19 heavy (non-hydrogen) atoms. The summed E-state index contributed by atoms with van der Waals surface area (Å²) in [6.45, 7) is 5.73. The number of nitrogens with two attached hydrogens (primary N) is 1. The first-order valence-corrected chi connectivity index (χ1v) is 6.63. The molecule has 0 atom stereocenters. The Labute approximate surface area is 115 Å². The Kier molecular flexibility index (Phi) is 9.16. The molecule has 6 nitrogen and oxygen atoms in total. The summed E-state index contributed by atoms with van der Waals surface area (Å²) in [6, 6.07) is 0. The fourth-order valence-corrected chi connectivity index (χ4v) is 1.59. The highest BCUT2D eigenvalue weighted by molar-refractivity contribution is 5.84. The van der Waals surface area contributed by atoms with E-state index in [0.29, 0.717) is 26.1 Å². The molecule has 0 rings (SSSR count). The Bertz CT molecular complexity index is 280. The standard InChI is InChI=1S/C13H27N3O3/c1-13(2,6-7-14)5-4-11(17)16-10-12(18)15-8-9-19-3/h4-10,14H2,1-3H3,(H,15,18)(H,16,17). The second-order valence-corrected chi connectivity index (χ2v) is 5.32. The van der Waals surface area contributed by atoms with Gasteiger partial charge in [-0.3, -0.25) is 9.59 Å². The number of amides is 2. The minimum absolute atomic E-state index is 0.0138. The van der Waals surface area contributed by atoms with Crippen LogP contribution in [0.1, 0.15) is 33.1 Å². The highest BCUT2D eigenvalue weighted by Gasteiger charge is 2.18. The number of rotatable bonds is 10. The van der Waals surface area contributed by atoms with E-state index < -0.39 is 0 Å². The Morgan fingerprint density at radius 1 is 1.16 bits per heavy atom. The third kappa shape index (κ3) is 10.5. The number of carbonyl (C=O) groups is 2. The number of carbonyl (C=O) groups excluding carboxylic acids is 2. The molecule has 112 valence electrons. The Morgan fingerprint density at radius 3 is 2.42 bits per heavy atom. The second kappa shape index (κ2) is 9.75. The first-order valence-electron chi connectivity index (χ1n) is 6.63. The first-order chi connectivity index (χ1) is 8.91. The molecule has 0 bridgehead atoms. The van der Waals surface area contributed by atoms with Gasteiger partial charge in [0.2, 0.25) is 11.8 Å². The molecular weight excluding hydrogens is 246 g/mol. The largest absolute Gasteiger partial charge is 0.383 e. The molecular formula is C13H27N3O3. The van der Waals surface area contributed by atoms with Crippen molar-refractivity contribution in [1.82, 2.24) is 10.6 Å². The van der Waals surface area contributed by atoms with Gasteiger partial charge in [0, 0.05) is 20.1 Å². The highest BCUT2D eigenvalue weighted by atomic mass is 16.5. The monoisotopic (exact) mass is 273 g/mol. The van der Waals surface area contributed by atoms with Crippen LogP contribution < -0.4 is 16.4 Å². The van der Waals surface area contributed by atoms with Gasteiger partial charge in [0.1, 0.15) is 0 Å². The van der Waals surface area contributed by atoms with Crippen molar-refractivity contribution >= 4 is 11.8 Å². The van der Waals surface area contributed by atoms with Gasteiger partial charge >= 0.3 is 0 Å². The molecule has 4 N–H and O–H groups in total. The summed E-state index contributed by atoms with van der Waals surface area (Å²) in [5.41, 5.74) is 5.58. The summed E-state index contributed by atoms with van der Waals surface area (Å²) in [4.78, 5) is 22.9. The van der Waals surface area contributed by atoms with Gasteiger partial charge in [0.15, 0.2) is 0 Å². The van der Waals surface area contributed by atoms with Crippen molar-refractivity contribution in [3.63, 3.8) is 0 Å². The van der Waals surface area contributed by atoms with Crippen molar-refractivity contribution in [1.29, 1.82) is 0 Å². The number of hydrogen-bond acceptors (Lipinski definition) is 4. The lowest BCUT2D eigenvalue weighted by molar-refractivity contribution is -0.126. The van der Waals surface area contributed by atoms with Crippen molar-refractivity contribution in [2.24, 2.45) is 11.1 Å². The van der Waals surface area contributed by atoms with Crippen LogP contribution in [0.2, 0.25) is 0 Å². The van der Waals surface area contributed by atoms with Gasteiger partial charge < -0.3 is 21.1 Å². The summed E-state index contributed by atoms with van der Waals surface area (Å²) in [5, 5.41) is 5.24. The molecule has 0 spiro atoms. The van der Waals surface area contributed by atoms with E-state index in [1.165, 1.54) is 0 Å². The fraction of sp³-hybridized carbons (Fsp3) is 0.846. The number of ether oxygens (including phenoxy) is 1. The normalized spacial score (nSPS) is 11.2. The van der Waals surface area contributed by atoms with Gasteiger partial charge in [-0.1, -0.05) is 13.8 Å². The maximum Gasteiger partial charge on any atom is 0.239 e. The summed E-state index contributed by atoms with van der Waals surface area (Å²) in [7, 11) is 1.57. The van der Waals surface area contributed by atoms with Crippen molar-refractivity contribution in [3.05, 3.63) is 0 Å². The van der Waals surface area contributed by atoms with Gasteiger partial charge in [-0.25, -0.2) is 0 Å². The molecule has 0 heterocycles. The summed E-state index contributed by atoms with van der Waals surface area (Å²) < 4.78 is 4.80. The lowest BCUT2D eigenvalue weighted by Crippen LogP contribution is -2.38. The lowest BCUT2D eigenvalue weighted by Gasteiger charge is -2.23. The lowest BCUT2D eigenvalue weighted by atomic mass is 9.84. The summed E-state index contributed by atoms with van der Waals surface area (Å²) >= 11 is 0. The summed E-state index contributed by atoms with van der Waals surface area (Å²) in [6.07, 6.45) is 2.07. The van der Waals surface area contributed by atoms with E-state index in [0.717, 1.165) is 12.8 Å². The van der Waals surface area contributed by atoms with E-state index in [1.807, 2.05) is 0 Å². The molecule has 0 aromatic heterocycles. The Morgan fingerprint density at radius 2 is 1.84 bits per heavy atom. The van der Waals surface area contributed by atoms with E-state index in [1.54, 1.807) is 7.11 Å². The van der Waals surface area contributed by atoms with Crippen LogP contribution in [-0.4, -0.2) is 45.2 Å². The van der Waals surface area contributed by atoms with Gasteiger partial charge in [0.05, 0.1) is 13.2 Å². The predicted octanol–water partition coefficient (Wildman–Crippen LogP) is 0.0204. The maximum atomic E-state index is 11.6. The zero-order valence-electron chi connectivity index (χ0n) is 12.3. The minimum atomic E-state index is -0.202. The topological polar surface area (TPSA) is 93.5 Å². The average Bonchev–Trinajstić information content (AvgIpc) is 2.34. The third-order valence-corrected chi connectivity index (χ3v) is 2.92. The van der Waals surface area contributed by atoms with Crippen LogP contribution in [0.15, 0.2) is 0 Å². The van der Waals surface area contributed by atoms with Gasteiger partial charge in [-0.15, -0.1) is 0 Å². The van der Waals surface area contributed by atoms with Crippen LogP contribution in [0.4, 0.5) is 0 Å². The molecule has 0 radical (unpaired) electrons. The van der Waals surface area contributed by atoms with Gasteiger partial charge in [-0.05, 0) is 24.8 Å². The SMILES string of the molecule is COCCNC(=O)CNC(=O)CCC(C)(C)CCN. The minimum Gasteiger partial charge on any atom is -0.383 e. The van der Waals surface area contributed by atoms with E-state index in [2.05, 4.69) is 24.5 Å². The molecule has 0 aliphatic carbocycles. The molecule has 0 saturated heterocycles. The van der Waals surface area contributed by atoms with Crippen LogP contribution in [0, 0.1) is 5.41 Å². The van der Waals surface area contributed by atoms with Crippen LogP contribution in [0.5, 0.6) is 0 Å². The molecule has 0 fully saturated rings. The quantitative estimate of drug-likeness (QED) is 0.489. The number of methoxy groups -OCH3 is 1. The molecule has 6 heteroatoms. The third-order valence-electron chi connectivity index (χ3n) is 2.92. The smallest absolute Gasteiger partial charge is 0.239 e. The van der Waals surface area contributed by atoms with Crippen molar-refractivity contribution < 1.29 is 14.3 Å². The Hall–Kier alpha value is -1.14.